The Morgan fingerprint density at radius 2 is 2.00 bits per heavy atom. The van der Waals surface area contributed by atoms with Crippen LogP contribution in [-0.4, -0.2) is 34.2 Å². The van der Waals surface area contributed by atoms with Crippen molar-refractivity contribution in [1.29, 1.82) is 0 Å². The van der Waals surface area contributed by atoms with Gasteiger partial charge in [0, 0.05) is 18.9 Å². The summed E-state index contributed by atoms with van der Waals surface area (Å²) in [6, 6.07) is 4.14. The van der Waals surface area contributed by atoms with Gasteiger partial charge in [-0.15, -0.1) is 0 Å². The molecule has 1 aromatic heterocycles. The molecule has 1 aliphatic rings. The van der Waals surface area contributed by atoms with E-state index in [1.54, 1.807) is 0 Å². The Balaban J connectivity index is 1.82. The number of aliphatic hydroxyl groups is 1. The van der Waals surface area contributed by atoms with Crippen molar-refractivity contribution in [1.82, 2.24) is 9.88 Å². The van der Waals surface area contributed by atoms with Crippen LogP contribution in [0.3, 0.4) is 0 Å². The fraction of sp³-hybridized carbons (Fsp3) is 0.615. The van der Waals surface area contributed by atoms with Crippen LogP contribution >= 0.6 is 0 Å². The molecule has 0 aliphatic carbocycles. The Morgan fingerprint density at radius 1 is 1.38 bits per heavy atom. The van der Waals surface area contributed by atoms with Crippen molar-refractivity contribution in [3.05, 3.63) is 30.1 Å². The van der Waals surface area contributed by atoms with E-state index in [0.717, 1.165) is 32.5 Å². The Morgan fingerprint density at radius 3 is 2.56 bits per heavy atom. The third-order valence-electron chi connectivity index (χ3n) is 3.47. The second-order valence-electron chi connectivity index (χ2n) is 4.71. The molecule has 0 amide bonds. The molecule has 88 valence electrons. The van der Waals surface area contributed by atoms with Crippen LogP contribution in [-0.2, 0) is 6.54 Å². The largest absolute Gasteiger partial charge is 0.393 e. The minimum absolute atomic E-state index is 0.150. The summed E-state index contributed by atoms with van der Waals surface area (Å²) >= 11 is 0. The standard InChI is InChI=1S/C13H20N2O/c1-11(16)13-4-8-15(9-5-13)10-12-2-6-14-7-3-12/h2-3,6-7,11,13,16H,4-5,8-10H2,1H3/t11-/m0/s1. The molecule has 0 unspecified atom stereocenters. The van der Waals surface area contributed by atoms with Gasteiger partial charge in [-0.05, 0) is 56.5 Å². The van der Waals surface area contributed by atoms with E-state index in [1.165, 1.54) is 5.56 Å². The zero-order chi connectivity index (χ0) is 11.4. The second-order valence-corrected chi connectivity index (χ2v) is 4.71. The van der Waals surface area contributed by atoms with Gasteiger partial charge in [0.2, 0.25) is 0 Å². The number of rotatable bonds is 3. The van der Waals surface area contributed by atoms with Gasteiger partial charge in [-0.3, -0.25) is 9.88 Å². The Hall–Kier alpha value is -0.930. The Labute approximate surface area is 97.1 Å². The highest BCUT2D eigenvalue weighted by Gasteiger charge is 2.22. The molecule has 2 heterocycles. The van der Waals surface area contributed by atoms with Crippen molar-refractivity contribution in [2.75, 3.05) is 13.1 Å². The average Bonchev–Trinajstić information content (AvgIpc) is 2.31. The van der Waals surface area contributed by atoms with Crippen LogP contribution in [0, 0.1) is 5.92 Å². The van der Waals surface area contributed by atoms with Crippen LogP contribution in [0.4, 0.5) is 0 Å². The first kappa shape index (κ1) is 11.6. The molecule has 0 saturated carbocycles. The van der Waals surface area contributed by atoms with Crippen molar-refractivity contribution >= 4 is 0 Å². The number of aromatic nitrogens is 1. The van der Waals surface area contributed by atoms with E-state index in [4.69, 9.17) is 0 Å². The highest BCUT2D eigenvalue weighted by Crippen LogP contribution is 2.21. The lowest BCUT2D eigenvalue weighted by Gasteiger charge is -2.33. The van der Waals surface area contributed by atoms with Crippen LogP contribution in [0.2, 0.25) is 0 Å². The van der Waals surface area contributed by atoms with Crippen molar-refractivity contribution in [2.24, 2.45) is 5.92 Å². The van der Waals surface area contributed by atoms with Gasteiger partial charge in [0.15, 0.2) is 0 Å². The third kappa shape index (κ3) is 3.03. The van der Waals surface area contributed by atoms with Gasteiger partial charge in [0.25, 0.3) is 0 Å². The van der Waals surface area contributed by atoms with Crippen LogP contribution < -0.4 is 0 Å². The van der Waals surface area contributed by atoms with Crippen LogP contribution in [0.5, 0.6) is 0 Å². The molecule has 0 spiro atoms. The predicted octanol–water partition coefficient (Wildman–Crippen LogP) is 1.67. The molecule has 1 aromatic rings. The number of pyridine rings is 1. The summed E-state index contributed by atoms with van der Waals surface area (Å²) in [5.41, 5.74) is 1.32. The Bertz CT molecular complexity index is 305. The summed E-state index contributed by atoms with van der Waals surface area (Å²) in [4.78, 5) is 6.47. The highest BCUT2D eigenvalue weighted by molar-refractivity contribution is 5.09. The lowest BCUT2D eigenvalue weighted by Crippen LogP contribution is -2.36. The number of piperidine rings is 1. The zero-order valence-corrected chi connectivity index (χ0v) is 9.84. The summed E-state index contributed by atoms with van der Waals surface area (Å²) in [6.07, 6.45) is 5.77. The first-order valence-corrected chi connectivity index (χ1v) is 6.05. The summed E-state index contributed by atoms with van der Waals surface area (Å²) < 4.78 is 0. The van der Waals surface area contributed by atoms with E-state index in [9.17, 15) is 5.11 Å². The van der Waals surface area contributed by atoms with Crippen molar-refractivity contribution in [2.45, 2.75) is 32.4 Å². The summed E-state index contributed by atoms with van der Waals surface area (Å²) in [5, 5.41) is 9.53. The maximum atomic E-state index is 9.53. The minimum atomic E-state index is -0.150. The van der Waals surface area contributed by atoms with E-state index in [-0.39, 0.29) is 6.10 Å². The molecule has 1 aliphatic heterocycles. The van der Waals surface area contributed by atoms with Gasteiger partial charge in [-0.2, -0.15) is 0 Å². The molecule has 16 heavy (non-hydrogen) atoms. The van der Waals surface area contributed by atoms with E-state index in [2.05, 4.69) is 22.0 Å². The smallest absolute Gasteiger partial charge is 0.0541 e. The molecular weight excluding hydrogens is 200 g/mol. The monoisotopic (exact) mass is 220 g/mol. The van der Waals surface area contributed by atoms with Gasteiger partial charge < -0.3 is 5.11 Å². The summed E-state index contributed by atoms with van der Waals surface area (Å²) in [7, 11) is 0. The van der Waals surface area contributed by atoms with E-state index in [0.29, 0.717) is 5.92 Å². The van der Waals surface area contributed by atoms with Crippen molar-refractivity contribution in [3.8, 4) is 0 Å². The topological polar surface area (TPSA) is 36.4 Å². The lowest BCUT2D eigenvalue weighted by molar-refractivity contribution is 0.0695. The highest BCUT2D eigenvalue weighted by atomic mass is 16.3. The number of likely N-dealkylation sites (tertiary alicyclic amines) is 1. The first-order valence-electron chi connectivity index (χ1n) is 6.05. The maximum absolute atomic E-state index is 9.53. The molecule has 0 radical (unpaired) electrons. The summed E-state index contributed by atoms with van der Waals surface area (Å²) in [5.74, 6) is 0.494. The van der Waals surface area contributed by atoms with E-state index >= 15 is 0 Å². The van der Waals surface area contributed by atoms with Gasteiger partial charge in [0.1, 0.15) is 0 Å². The normalized spacial score (nSPS) is 20.9. The summed E-state index contributed by atoms with van der Waals surface area (Å²) in [6.45, 7) is 5.11. The van der Waals surface area contributed by atoms with Gasteiger partial charge >= 0.3 is 0 Å². The molecule has 0 aromatic carbocycles. The molecule has 3 nitrogen and oxygen atoms in total. The quantitative estimate of drug-likeness (QED) is 0.842. The molecule has 1 N–H and O–H groups in total. The minimum Gasteiger partial charge on any atom is -0.393 e. The number of hydrogen-bond donors (Lipinski definition) is 1. The second kappa shape index (κ2) is 5.41. The molecule has 1 atom stereocenters. The fourth-order valence-corrected chi connectivity index (χ4v) is 2.34. The van der Waals surface area contributed by atoms with Gasteiger partial charge in [-0.1, -0.05) is 0 Å². The van der Waals surface area contributed by atoms with E-state index in [1.807, 2.05) is 19.3 Å². The van der Waals surface area contributed by atoms with Gasteiger partial charge in [-0.25, -0.2) is 0 Å². The molecular formula is C13H20N2O. The molecule has 1 saturated heterocycles. The maximum Gasteiger partial charge on any atom is 0.0541 e. The number of aliphatic hydroxyl groups excluding tert-OH is 1. The van der Waals surface area contributed by atoms with Crippen LogP contribution in [0.25, 0.3) is 0 Å². The fourth-order valence-electron chi connectivity index (χ4n) is 2.34. The lowest BCUT2D eigenvalue weighted by atomic mass is 9.92. The van der Waals surface area contributed by atoms with E-state index < -0.39 is 0 Å². The van der Waals surface area contributed by atoms with Crippen LogP contribution in [0.15, 0.2) is 24.5 Å². The Kier molecular flexibility index (Phi) is 3.91. The molecule has 1 fully saturated rings. The van der Waals surface area contributed by atoms with Gasteiger partial charge in [0.05, 0.1) is 6.10 Å². The molecule has 0 bridgehead atoms. The third-order valence-corrected chi connectivity index (χ3v) is 3.47. The predicted molar refractivity (Wildman–Crippen MR) is 63.9 cm³/mol. The molecule has 2 rings (SSSR count). The van der Waals surface area contributed by atoms with Crippen molar-refractivity contribution in [3.63, 3.8) is 0 Å². The van der Waals surface area contributed by atoms with Crippen molar-refractivity contribution < 1.29 is 5.11 Å². The number of hydrogen-bond acceptors (Lipinski definition) is 3. The zero-order valence-electron chi connectivity index (χ0n) is 9.84. The van der Waals surface area contributed by atoms with Crippen LogP contribution in [0.1, 0.15) is 25.3 Å². The molecule has 3 heteroatoms. The first-order chi connectivity index (χ1) is 7.75. The average molecular weight is 220 g/mol. The SMILES string of the molecule is C[C@H](O)C1CCN(Cc2ccncc2)CC1. The number of nitrogens with zero attached hydrogens (tertiary/aromatic N) is 2.